The molecule has 1 aromatic carbocycles. The summed E-state index contributed by atoms with van der Waals surface area (Å²) in [6.45, 7) is 3.37. The lowest BCUT2D eigenvalue weighted by Gasteiger charge is -2.36. The first-order valence-corrected chi connectivity index (χ1v) is 7.59. The summed E-state index contributed by atoms with van der Waals surface area (Å²) in [7, 11) is 0. The van der Waals surface area contributed by atoms with Gasteiger partial charge in [0.2, 0.25) is 5.95 Å². The average Bonchev–Trinajstić information content (AvgIpc) is 2.56. The fourth-order valence-electron chi connectivity index (χ4n) is 2.49. The standard InChI is InChI=1S/C15H15BrN4O/c16-13-3-2-12(11-21)14(10-13)19-6-8-20(9-7-19)15-17-4-1-5-18-15/h1-5,10-11H,6-9H2. The molecule has 0 N–H and O–H groups in total. The average molecular weight is 347 g/mol. The van der Waals surface area contributed by atoms with Crippen LogP contribution in [0.15, 0.2) is 41.1 Å². The Labute approximate surface area is 131 Å². The first kappa shape index (κ1) is 14.0. The maximum Gasteiger partial charge on any atom is 0.225 e. The lowest BCUT2D eigenvalue weighted by atomic mass is 10.1. The molecule has 0 amide bonds. The second-order valence-corrected chi connectivity index (χ2v) is 5.76. The smallest absolute Gasteiger partial charge is 0.225 e. The molecule has 0 radical (unpaired) electrons. The molecule has 6 heteroatoms. The zero-order valence-electron chi connectivity index (χ0n) is 11.4. The molecule has 0 bridgehead atoms. The van der Waals surface area contributed by atoms with Crippen molar-refractivity contribution in [3.63, 3.8) is 0 Å². The van der Waals surface area contributed by atoms with Gasteiger partial charge in [-0.3, -0.25) is 4.79 Å². The summed E-state index contributed by atoms with van der Waals surface area (Å²) in [5.41, 5.74) is 1.70. The van der Waals surface area contributed by atoms with Crippen LogP contribution in [0.5, 0.6) is 0 Å². The minimum atomic E-state index is 0.725. The predicted octanol–water partition coefficient (Wildman–Crippen LogP) is 2.38. The van der Waals surface area contributed by atoms with Crippen molar-refractivity contribution in [1.29, 1.82) is 0 Å². The van der Waals surface area contributed by atoms with Gasteiger partial charge in [0.05, 0.1) is 0 Å². The maximum absolute atomic E-state index is 11.2. The highest BCUT2D eigenvalue weighted by Gasteiger charge is 2.20. The van der Waals surface area contributed by atoms with E-state index < -0.39 is 0 Å². The Hall–Kier alpha value is -1.95. The van der Waals surface area contributed by atoms with Crippen molar-refractivity contribution in [2.45, 2.75) is 0 Å². The molecule has 108 valence electrons. The van der Waals surface area contributed by atoms with E-state index in [4.69, 9.17) is 0 Å². The molecule has 3 rings (SSSR count). The Bertz CT molecular complexity index is 627. The third kappa shape index (κ3) is 3.05. The number of aromatic nitrogens is 2. The van der Waals surface area contributed by atoms with Crippen LogP contribution in [0.25, 0.3) is 0 Å². The summed E-state index contributed by atoms with van der Waals surface area (Å²) in [6.07, 6.45) is 4.43. The van der Waals surface area contributed by atoms with Gasteiger partial charge in [0.1, 0.15) is 0 Å². The van der Waals surface area contributed by atoms with Crippen molar-refractivity contribution in [3.05, 3.63) is 46.7 Å². The largest absolute Gasteiger partial charge is 0.367 e. The molecular formula is C15H15BrN4O. The van der Waals surface area contributed by atoms with Crippen molar-refractivity contribution in [1.82, 2.24) is 9.97 Å². The lowest BCUT2D eigenvalue weighted by molar-refractivity contribution is 0.112. The molecule has 1 aliphatic rings. The van der Waals surface area contributed by atoms with E-state index in [1.807, 2.05) is 24.3 Å². The number of hydrogen-bond donors (Lipinski definition) is 0. The molecule has 1 fully saturated rings. The lowest BCUT2D eigenvalue weighted by Crippen LogP contribution is -2.47. The van der Waals surface area contributed by atoms with Gasteiger partial charge < -0.3 is 9.80 Å². The fourth-order valence-corrected chi connectivity index (χ4v) is 2.84. The van der Waals surface area contributed by atoms with E-state index in [9.17, 15) is 4.79 Å². The topological polar surface area (TPSA) is 49.3 Å². The molecule has 2 heterocycles. The van der Waals surface area contributed by atoms with Gasteiger partial charge >= 0.3 is 0 Å². The molecule has 1 aromatic heterocycles. The molecule has 5 nitrogen and oxygen atoms in total. The molecule has 0 unspecified atom stereocenters. The highest BCUT2D eigenvalue weighted by molar-refractivity contribution is 9.10. The molecule has 1 aliphatic heterocycles. The third-order valence-electron chi connectivity index (χ3n) is 3.57. The fraction of sp³-hybridized carbons (Fsp3) is 0.267. The number of rotatable bonds is 3. The van der Waals surface area contributed by atoms with Gasteiger partial charge in [0.15, 0.2) is 6.29 Å². The summed E-state index contributed by atoms with van der Waals surface area (Å²) in [4.78, 5) is 24.1. The molecule has 1 saturated heterocycles. The number of anilines is 2. The highest BCUT2D eigenvalue weighted by atomic mass is 79.9. The van der Waals surface area contributed by atoms with Gasteiger partial charge in [-0.05, 0) is 24.3 Å². The number of halogens is 1. The van der Waals surface area contributed by atoms with Gasteiger partial charge in [-0.15, -0.1) is 0 Å². The van der Waals surface area contributed by atoms with Gasteiger partial charge in [0, 0.05) is 54.3 Å². The van der Waals surface area contributed by atoms with Crippen LogP contribution in [0.1, 0.15) is 10.4 Å². The van der Waals surface area contributed by atoms with Crippen LogP contribution in [-0.2, 0) is 0 Å². The van der Waals surface area contributed by atoms with Crippen LogP contribution in [0, 0.1) is 0 Å². The van der Waals surface area contributed by atoms with Crippen molar-refractivity contribution in [3.8, 4) is 0 Å². The van der Waals surface area contributed by atoms with Crippen LogP contribution in [0.4, 0.5) is 11.6 Å². The van der Waals surface area contributed by atoms with Crippen molar-refractivity contribution < 1.29 is 4.79 Å². The molecule has 0 aliphatic carbocycles. The van der Waals surface area contributed by atoms with E-state index in [1.54, 1.807) is 12.4 Å². The van der Waals surface area contributed by atoms with Crippen LogP contribution in [0.3, 0.4) is 0 Å². The summed E-state index contributed by atoms with van der Waals surface area (Å²) < 4.78 is 0.983. The van der Waals surface area contributed by atoms with E-state index >= 15 is 0 Å². The van der Waals surface area contributed by atoms with Gasteiger partial charge in [-0.25, -0.2) is 9.97 Å². The second-order valence-electron chi connectivity index (χ2n) is 4.84. The maximum atomic E-state index is 11.2. The van der Waals surface area contributed by atoms with Crippen molar-refractivity contribution >= 4 is 33.9 Å². The summed E-state index contributed by atoms with van der Waals surface area (Å²) >= 11 is 3.47. The predicted molar refractivity (Wildman–Crippen MR) is 86.0 cm³/mol. The van der Waals surface area contributed by atoms with Crippen LogP contribution < -0.4 is 9.80 Å². The quantitative estimate of drug-likeness (QED) is 0.798. The Morgan fingerprint density at radius 2 is 1.71 bits per heavy atom. The number of piperazine rings is 1. The Morgan fingerprint density at radius 3 is 2.38 bits per heavy atom. The number of carbonyl (C=O) groups is 1. The van der Waals surface area contributed by atoms with Gasteiger partial charge in [0.25, 0.3) is 0 Å². The Morgan fingerprint density at radius 1 is 1.05 bits per heavy atom. The minimum Gasteiger partial charge on any atom is -0.367 e. The first-order valence-electron chi connectivity index (χ1n) is 6.79. The van der Waals surface area contributed by atoms with E-state index in [1.165, 1.54) is 0 Å². The van der Waals surface area contributed by atoms with E-state index in [2.05, 4.69) is 35.7 Å². The van der Waals surface area contributed by atoms with Gasteiger partial charge in [-0.1, -0.05) is 15.9 Å². The number of hydrogen-bond acceptors (Lipinski definition) is 5. The Balaban J connectivity index is 1.74. The number of aldehydes is 1. The highest BCUT2D eigenvalue weighted by Crippen LogP contribution is 2.25. The number of carbonyl (C=O) groups excluding carboxylic acids is 1. The summed E-state index contributed by atoms with van der Waals surface area (Å²) in [5, 5.41) is 0. The van der Waals surface area contributed by atoms with Crippen molar-refractivity contribution in [2.75, 3.05) is 36.0 Å². The van der Waals surface area contributed by atoms with Crippen LogP contribution in [0.2, 0.25) is 0 Å². The van der Waals surface area contributed by atoms with Crippen LogP contribution >= 0.6 is 15.9 Å². The van der Waals surface area contributed by atoms with Crippen molar-refractivity contribution in [2.24, 2.45) is 0 Å². The molecule has 21 heavy (non-hydrogen) atoms. The third-order valence-corrected chi connectivity index (χ3v) is 4.07. The molecule has 0 saturated carbocycles. The normalized spacial score (nSPS) is 15.1. The monoisotopic (exact) mass is 346 g/mol. The van der Waals surface area contributed by atoms with Gasteiger partial charge in [-0.2, -0.15) is 0 Å². The molecule has 0 spiro atoms. The first-order chi connectivity index (χ1) is 10.3. The van der Waals surface area contributed by atoms with E-state index in [0.29, 0.717) is 0 Å². The minimum absolute atomic E-state index is 0.725. The van der Waals surface area contributed by atoms with E-state index in [-0.39, 0.29) is 0 Å². The molecule has 2 aromatic rings. The second kappa shape index (κ2) is 6.22. The van der Waals surface area contributed by atoms with Crippen LogP contribution in [-0.4, -0.2) is 42.4 Å². The van der Waals surface area contributed by atoms with E-state index in [0.717, 1.165) is 54.1 Å². The summed E-state index contributed by atoms with van der Waals surface area (Å²) in [6, 6.07) is 7.55. The Kier molecular flexibility index (Phi) is 4.15. The molecular weight excluding hydrogens is 332 g/mol. The molecule has 0 atom stereocenters. The number of nitrogens with zero attached hydrogens (tertiary/aromatic N) is 4. The number of benzene rings is 1. The zero-order chi connectivity index (χ0) is 14.7. The SMILES string of the molecule is O=Cc1ccc(Br)cc1N1CCN(c2ncccn2)CC1. The zero-order valence-corrected chi connectivity index (χ0v) is 13.0. The summed E-state index contributed by atoms with van der Waals surface area (Å²) in [5.74, 6) is 0.766.